The van der Waals surface area contributed by atoms with Gasteiger partial charge in [-0.25, -0.2) is 14.5 Å². The van der Waals surface area contributed by atoms with Crippen LogP contribution in [0.2, 0.25) is 0 Å². The number of aryl methyl sites for hydroxylation is 2. The Hall–Kier alpha value is -5.16. The molecular weight excluding hydrogens is 595 g/mol. The molecule has 0 atom stereocenters. The van der Waals surface area contributed by atoms with Gasteiger partial charge in [-0.2, -0.15) is 10.3 Å². The van der Waals surface area contributed by atoms with Crippen LogP contribution in [0.5, 0.6) is 5.75 Å². The Labute approximate surface area is 254 Å². The Morgan fingerprint density at radius 3 is 2.64 bits per heavy atom. The van der Waals surface area contributed by atoms with Gasteiger partial charge < -0.3 is 10.1 Å². The lowest BCUT2D eigenvalue weighted by Crippen LogP contribution is -2.31. The molecule has 10 nitrogen and oxygen atoms in total. The second-order valence-electron chi connectivity index (χ2n) is 9.65. The number of nitrogens with zero attached hydrogens (tertiary/aromatic N) is 6. The highest BCUT2D eigenvalue weighted by Gasteiger charge is 2.32. The van der Waals surface area contributed by atoms with Gasteiger partial charge >= 0.3 is 12.4 Å². The number of nitriles is 1. The van der Waals surface area contributed by atoms with Gasteiger partial charge in [0.25, 0.3) is 0 Å². The molecule has 3 amide bonds. The number of amides is 3. The number of thioether (sulfide) groups is 1. The summed E-state index contributed by atoms with van der Waals surface area (Å²) in [4.78, 5) is 35.6. The predicted octanol–water partition coefficient (Wildman–Crippen LogP) is 6.63. The molecule has 44 heavy (non-hydrogen) atoms. The number of hydrogen-bond acceptors (Lipinski definition) is 7. The molecule has 1 saturated heterocycles. The van der Waals surface area contributed by atoms with Crippen LogP contribution in [0.4, 0.5) is 29.3 Å². The number of alkyl halides is 3. The van der Waals surface area contributed by atoms with E-state index in [-0.39, 0.29) is 39.7 Å². The molecule has 1 aliphatic heterocycles. The highest BCUT2D eigenvalue weighted by molar-refractivity contribution is 8.15. The maximum atomic E-state index is 13.0. The van der Waals surface area contributed by atoms with Crippen molar-refractivity contribution in [1.82, 2.24) is 14.8 Å². The Balaban J connectivity index is 1.33. The van der Waals surface area contributed by atoms with Gasteiger partial charge in [-0.3, -0.25) is 9.69 Å². The smallest absolute Gasteiger partial charge is 0.406 e. The zero-order chi connectivity index (χ0) is 31.4. The Bertz CT molecular complexity index is 1800. The van der Waals surface area contributed by atoms with E-state index in [4.69, 9.17) is 0 Å². The lowest BCUT2D eigenvalue weighted by molar-refractivity contribution is -0.274. The average molecular weight is 620 g/mol. The molecular formula is C30H24F3N7O3S. The van der Waals surface area contributed by atoms with E-state index in [2.05, 4.69) is 25.1 Å². The summed E-state index contributed by atoms with van der Waals surface area (Å²) in [5, 5.41) is 17.0. The normalized spacial score (nSPS) is 14.1. The zero-order valence-corrected chi connectivity index (χ0v) is 24.2. The number of aliphatic imine (C=N–C) groups is 1. The predicted molar refractivity (Wildman–Crippen MR) is 160 cm³/mol. The van der Waals surface area contributed by atoms with Gasteiger partial charge in [-0.05, 0) is 73.0 Å². The van der Waals surface area contributed by atoms with Gasteiger partial charge in [0.2, 0.25) is 5.91 Å². The van der Waals surface area contributed by atoms with Gasteiger partial charge in [0.05, 0.1) is 28.4 Å². The van der Waals surface area contributed by atoms with E-state index in [0.717, 1.165) is 47.9 Å². The summed E-state index contributed by atoms with van der Waals surface area (Å²) >= 11 is 1.16. The summed E-state index contributed by atoms with van der Waals surface area (Å²) < 4.78 is 42.5. The molecule has 224 valence electrons. The molecule has 2 heterocycles. The first kappa shape index (κ1) is 30.3. The maximum absolute atomic E-state index is 13.0. The van der Waals surface area contributed by atoms with E-state index in [9.17, 15) is 28.0 Å². The topological polar surface area (TPSA) is 126 Å². The third kappa shape index (κ3) is 6.90. The van der Waals surface area contributed by atoms with E-state index in [0.29, 0.717) is 16.9 Å². The number of hydrogen-bond donors (Lipinski definition) is 1. The SMILES string of the molecule is CCCc1ccc(C)cc1N1C(=O)CSC1=NC(=O)Nc1ccc(-c2ncn(-c3ccc(OC(F)(F)F)cc3)n2)cc1C#N. The van der Waals surface area contributed by atoms with Crippen molar-refractivity contribution in [3.63, 3.8) is 0 Å². The van der Waals surface area contributed by atoms with Crippen molar-refractivity contribution in [3.8, 4) is 28.9 Å². The quantitative estimate of drug-likeness (QED) is 0.246. The van der Waals surface area contributed by atoms with Gasteiger partial charge in [-0.1, -0.05) is 37.2 Å². The number of aromatic nitrogens is 3. The van der Waals surface area contributed by atoms with Gasteiger partial charge in [0, 0.05) is 5.56 Å². The molecule has 1 N–H and O–H groups in total. The van der Waals surface area contributed by atoms with E-state index in [1.54, 1.807) is 6.07 Å². The number of halogens is 3. The minimum atomic E-state index is -4.80. The van der Waals surface area contributed by atoms with Crippen LogP contribution in [0.25, 0.3) is 17.1 Å². The number of anilines is 2. The van der Waals surface area contributed by atoms with Gasteiger partial charge in [0.1, 0.15) is 18.1 Å². The standard InChI is InChI=1S/C30H24F3N7O3S/c1-3-4-19-6-5-18(2)13-25(19)40-26(41)16-44-29(40)37-28(42)36-24-12-7-20(14-21(24)15-34)27-35-17-39(38-27)22-8-10-23(11-9-22)43-30(31,32)33/h5-14,17H,3-4,16H2,1-2H3,(H,36,42). The van der Waals surface area contributed by atoms with E-state index >= 15 is 0 Å². The monoisotopic (exact) mass is 619 g/mol. The summed E-state index contributed by atoms with van der Waals surface area (Å²) in [7, 11) is 0. The van der Waals surface area contributed by atoms with Crippen LogP contribution in [0.3, 0.4) is 0 Å². The maximum Gasteiger partial charge on any atom is 0.573 e. The van der Waals surface area contributed by atoms with Crippen LogP contribution in [-0.4, -0.2) is 44.0 Å². The molecule has 4 aromatic rings. The lowest BCUT2D eigenvalue weighted by Gasteiger charge is -2.20. The minimum absolute atomic E-state index is 0.122. The van der Waals surface area contributed by atoms with Crippen molar-refractivity contribution in [3.05, 3.63) is 83.7 Å². The molecule has 0 aliphatic carbocycles. The highest BCUT2D eigenvalue weighted by atomic mass is 32.2. The molecule has 14 heteroatoms. The molecule has 0 bridgehead atoms. The zero-order valence-electron chi connectivity index (χ0n) is 23.4. The minimum Gasteiger partial charge on any atom is -0.406 e. The molecule has 1 aromatic heterocycles. The number of nitrogens with one attached hydrogen (secondary N) is 1. The number of benzene rings is 3. The third-order valence-electron chi connectivity index (χ3n) is 6.43. The summed E-state index contributed by atoms with van der Waals surface area (Å²) in [6.07, 6.45) is -1.78. The van der Waals surface area contributed by atoms with Crippen LogP contribution in [0.1, 0.15) is 30.0 Å². The first-order valence-corrected chi connectivity index (χ1v) is 14.3. The Morgan fingerprint density at radius 1 is 1.16 bits per heavy atom. The summed E-state index contributed by atoms with van der Waals surface area (Å²) in [6, 6.07) is 16.9. The van der Waals surface area contributed by atoms with Gasteiger partial charge in [0.15, 0.2) is 11.0 Å². The van der Waals surface area contributed by atoms with Crippen molar-refractivity contribution in [1.29, 1.82) is 5.26 Å². The molecule has 1 aliphatic rings. The summed E-state index contributed by atoms with van der Waals surface area (Å²) in [6.45, 7) is 3.98. The van der Waals surface area contributed by atoms with Crippen molar-refractivity contribution in [2.75, 3.05) is 16.0 Å². The van der Waals surface area contributed by atoms with Crippen LogP contribution >= 0.6 is 11.8 Å². The Morgan fingerprint density at radius 2 is 1.93 bits per heavy atom. The summed E-state index contributed by atoms with van der Waals surface area (Å²) in [5.74, 6) is -0.156. The summed E-state index contributed by atoms with van der Waals surface area (Å²) in [5.41, 5.74) is 3.88. The second-order valence-corrected chi connectivity index (χ2v) is 10.6. The third-order valence-corrected chi connectivity index (χ3v) is 7.35. The molecule has 1 fully saturated rings. The molecule has 3 aromatic carbocycles. The number of ether oxygens (including phenoxy) is 1. The number of rotatable bonds is 7. The largest absolute Gasteiger partial charge is 0.573 e. The van der Waals surface area contributed by atoms with Crippen molar-refractivity contribution in [2.24, 2.45) is 4.99 Å². The fraction of sp³-hybridized carbons (Fsp3) is 0.200. The number of carbonyl (C=O) groups excluding carboxylic acids is 2. The number of carbonyl (C=O) groups is 2. The fourth-order valence-electron chi connectivity index (χ4n) is 4.48. The van der Waals surface area contributed by atoms with Crippen LogP contribution < -0.4 is 15.0 Å². The van der Waals surface area contributed by atoms with Crippen LogP contribution in [-0.2, 0) is 11.2 Å². The number of amidine groups is 1. The van der Waals surface area contributed by atoms with E-state index < -0.39 is 12.4 Å². The molecule has 0 unspecified atom stereocenters. The molecule has 0 saturated carbocycles. The van der Waals surface area contributed by atoms with Gasteiger partial charge in [-0.15, -0.1) is 18.3 Å². The lowest BCUT2D eigenvalue weighted by atomic mass is 10.0. The van der Waals surface area contributed by atoms with Crippen LogP contribution in [0.15, 0.2) is 72.0 Å². The molecule has 0 spiro atoms. The van der Waals surface area contributed by atoms with Crippen molar-refractivity contribution < 1.29 is 27.5 Å². The average Bonchev–Trinajstić information content (AvgIpc) is 3.61. The fourth-order valence-corrected chi connectivity index (χ4v) is 5.34. The molecule has 5 rings (SSSR count). The van der Waals surface area contributed by atoms with Crippen molar-refractivity contribution in [2.45, 2.75) is 33.1 Å². The van der Waals surface area contributed by atoms with E-state index in [1.165, 1.54) is 40.2 Å². The van der Waals surface area contributed by atoms with E-state index in [1.807, 2.05) is 38.1 Å². The van der Waals surface area contributed by atoms with Crippen LogP contribution in [0, 0.1) is 18.3 Å². The highest BCUT2D eigenvalue weighted by Crippen LogP contribution is 2.32. The van der Waals surface area contributed by atoms with Crippen molar-refractivity contribution >= 4 is 40.2 Å². The Kier molecular flexibility index (Phi) is 8.68. The number of urea groups is 1. The first-order chi connectivity index (χ1) is 21.0. The molecule has 0 radical (unpaired) electrons. The second kappa shape index (κ2) is 12.6. The first-order valence-electron chi connectivity index (χ1n) is 13.3.